The molecule has 0 radical (unpaired) electrons. The maximum Gasteiger partial charge on any atom is 0.298 e. The normalized spacial score (nSPS) is 19.9. The molecule has 0 bridgehead atoms. The number of aryl methyl sites for hydroxylation is 4. The monoisotopic (exact) mass is 1160 g/mol. The topological polar surface area (TPSA) is 296 Å². The second kappa shape index (κ2) is 25.0. The van der Waals surface area contributed by atoms with E-state index >= 15 is 0 Å². The average Bonchev–Trinajstić information content (AvgIpc) is 4.32. The quantitative estimate of drug-likeness (QED) is 0.0350. The van der Waals surface area contributed by atoms with Gasteiger partial charge in [0.15, 0.2) is 20.9 Å². The third kappa shape index (κ3) is 12.8. The first-order chi connectivity index (χ1) is 39.6. The molecule has 7 aromatic rings. The number of H-pyrrole nitrogens is 2. The molecule has 24 nitrogen and oxygen atoms in total. The highest BCUT2D eigenvalue weighted by Crippen LogP contribution is 2.43. The van der Waals surface area contributed by atoms with Crippen molar-refractivity contribution >= 4 is 54.0 Å². The average molecular weight is 1160 g/mol. The van der Waals surface area contributed by atoms with Gasteiger partial charge in [0.1, 0.15) is 58.3 Å². The summed E-state index contributed by atoms with van der Waals surface area (Å²) >= 11 is 0. The molecule has 6 atom stereocenters. The molecule has 0 spiro atoms. The number of nitrogens with zero attached hydrogens (tertiary/aromatic N) is 8. The first kappa shape index (κ1) is 59.8. The minimum atomic E-state index is -2.46. The number of aromatic nitrogens is 8. The zero-order valence-corrected chi connectivity index (χ0v) is 49.8. The fourth-order valence-corrected chi connectivity index (χ4v) is 11.3. The molecule has 442 valence electrons. The molecule has 83 heavy (non-hydrogen) atoms. The Labute approximate surface area is 480 Å². The highest BCUT2D eigenvalue weighted by Gasteiger charge is 2.54. The lowest BCUT2D eigenvalue weighted by molar-refractivity contribution is -0.360. The Bertz CT molecular complexity index is 3710. The number of imidazole rings is 2. The van der Waals surface area contributed by atoms with Crippen LogP contribution in [0.4, 0.5) is 0 Å². The molecule has 4 aromatic heterocycles. The van der Waals surface area contributed by atoms with Crippen LogP contribution in [0.25, 0.3) is 22.1 Å². The standard InChI is InChI=1S/C58H74N12O12Si/c1-12-69-40(26-33(3)65-69)52(73)63-56-61-38-28-36(50(59)71)30-42(75-8)45(38)67(56)22-17-18-23-68-46-39(62-57(68)64-53(74)41-27-34(4)66-70(41)13-2)29-37(51(60)72)31-43(46)77-24-19-25-78-49-48(82-83(10,11)58(5,6)7)47-44(80-55(49)76-9)32-79-54(81-47)35-20-15-14-16-21-35/h14-18,20-21,26-31,44,47-49,54-55H,12-13,19,22-25,32H2,1-11H3,(H2,59,71)(H2,60,72)(H,61,63,73)(H,62,64,74)/b18-17+/t44-,47-,48?,49-,54?,55+/m1/s1. The Hall–Kier alpha value is -7.78. The lowest BCUT2D eigenvalue weighted by Crippen LogP contribution is -2.66. The van der Waals surface area contributed by atoms with Gasteiger partial charge in [-0.05, 0) is 82.2 Å². The lowest BCUT2D eigenvalue weighted by Gasteiger charge is -2.51. The molecule has 25 heteroatoms. The Morgan fingerprint density at radius 1 is 0.759 bits per heavy atom. The first-order valence-corrected chi connectivity index (χ1v) is 30.5. The lowest BCUT2D eigenvalue weighted by atomic mass is 9.97. The number of benzene rings is 3. The van der Waals surface area contributed by atoms with Crippen molar-refractivity contribution < 1.29 is 56.8 Å². The van der Waals surface area contributed by atoms with Crippen molar-refractivity contribution in [2.45, 2.75) is 136 Å². The van der Waals surface area contributed by atoms with Gasteiger partial charge in [0.25, 0.3) is 11.8 Å². The minimum absolute atomic E-state index is 0.0932. The van der Waals surface area contributed by atoms with Crippen molar-refractivity contribution in [3.8, 4) is 11.5 Å². The van der Waals surface area contributed by atoms with Gasteiger partial charge in [0.2, 0.25) is 23.1 Å². The van der Waals surface area contributed by atoms with E-state index in [0.29, 0.717) is 64.4 Å². The van der Waals surface area contributed by atoms with Crippen LogP contribution in [0.5, 0.6) is 11.5 Å². The molecule has 2 aliphatic rings. The van der Waals surface area contributed by atoms with Crippen LogP contribution in [-0.2, 0) is 54.3 Å². The largest absolute Gasteiger partial charge is 0.494 e. The van der Waals surface area contributed by atoms with Crippen LogP contribution in [0.15, 0.2) is 88.9 Å². The van der Waals surface area contributed by atoms with E-state index in [2.05, 4.69) is 64.0 Å². The third-order valence-electron chi connectivity index (χ3n) is 15.2. The van der Waals surface area contributed by atoms with Crippen LogP contribution in [0.1, 0.15) is 106 Å². The molecule has 9 rings (SSSR count). The van der Waals surface area contributed by atoms with Gasteiger partial charge in [0.05, 0.1) is 49.4 Å². The maximum absolute atomic E-state index is 14.1. The number of fused-ring (bicyclic) bond motifs is 3. The number of amides is 4. The Kier molecular flexibility index (Phi) is 18.0. The zero-order valence-electron chi connectivity index (χ0n) is 48.8. The number of hydrogen-bond donors (Lipinski definition) is 4. The van der Waals surface area contributed by atoms with E-state index < -0.39 is 68.9 Å². The van der Waals surface area contributed by atoms with Gasteiger partial charge in [-0.25, -0.2) is 0 Å². The number of nitrogens with one attached hydrogen (secondary N) is 2. The van der Waals surface area contributed by atoms with Gasteiger partial charge < -0.3 is 68.2 Å². The fraction of sp³-hybridized carbons (Fsp3) is 0.448. The fourth-order valence-electron chi connectivity index (χ4n) is 10.0. The molecule has 6 heterocycles. The van der Waals surface area contributed by atoms with Gasteiger partial charge in [-0.1, -0.05) is 63.3 Å². The molecule has 3 aromatic carbocycles. The second-order valence-electron chi connectivity index (χ2n) is 21.9. The van der Waals surface area contributed by atoms with Crippen molar-refractivity contribution in [3.63, 3.8) is 0 Å². The molecule has 0 saturated carbocycles. The maximum atomic E-state index is 14.1. The number of methoxy groups -OCH3 is 2. The third-order valence-corrected chi connectivity index (χ3v) is 19.6. The predicted octanol–water partition coefficient (Wildman–Crippen LogP) is 6.28. The Morgan fingerprint density at radius 2 is 1.30 bits per heavy atom. The van der Waals surface area contributed by atoms with Gasteiger partial charge in [-0.2, -0.15) is 20.2 Å². The first-order valence-electron chi connectivity index (χ1n) is 27.6. The van der Waals surface area contributed by atoms with Crippen LogP contribution in [0, 0.1) is 13.8 Å². The van der Waals surface area contributed by atoms with Crippen molar-refractivity contribution in [1.29, 1.82) is 0 Å². The molecule has 2 fully saturated rings. The van der Waals surface area contributed by atoms with Crippen molar-refractivity contribution in [3.05, 3.63) is 130 Å². The summed E-state index contributed by atoms with van der Waals surface area (Å²) in [4.78, 5) is 68.9. The minimum Gasteiger partial charge on any atom is -0.494 e. The Balaban J connectivity index is 1.04. The van der Waals surface area contributed by atoms with Gasteiger partial charge in [-0.15, -0.1) is 0 Å². The van der Waals surface area contributed by atoms with E-state index in [-0.39, 0.29) is 71.8 Å². The summed E-state index contributed by atoms with van der Waals surface area (Å²) in [5.41, 5.74) is 16.8. The van der Waals surface area contributed by atoms with Gasteiger partial charge >= 0.3 is 0 Å². The number of hydrogen-bond acceptors (Lipinski definition) is 14. The number of allylic oxidation sites excluding steroid dienone is 2. The number of carbonyl (C=O) groups is 4. The molecular formula is C58H74N12O12Si. The molecule has 2 saturated heterocycles. The predicted molar refractivity (Wildman–Crippen MR) is 308 cm³/mol. The van der Waals surface area contributed by atoms with E-state index in [1.807, 2.05) is 56.3 Å². The highest BCUT2D eigenvalue weighted by atomic mass is 28.4. The van der Waals surface area contributed by atoms with E-state index in [1.165, 1.54) is 13.2 Å². The molecule has 2 unspecified atom stereocenters. The van der Waals surface area contributed by atoms with Crippen LogP contribution in [-0.4, -0.2) is 135 Å². The van der Waals surface area contributed by atoms with E-state index in [0.717, 1.165) is 5.56 Å². The summed E-state index contributed by atoms with van der Waals surface area (Å²) in [6.07, 6.45) is 0.231. The highest BCUT2D eigenvalue weighted by molar-refractivity contribution is 6.74. The molecule has 6 N–H and O–H groups in total. The number of rotatable bonds is 21. The van der Waals surface area contributed by atoms with E-state index in [1.54, 1.807) is 69.8 Å². The van der Waals surface area contributed by atoms with Crippen LogP contribution < -0.4 is 32.2 Å². The summed E-state index contributed by atoms with van der Waals surface area (Å²) in [6, 6.07) is 19.3. The van der Waals surface area contributed by atoms with Crippen molar-refractivity contribution in [2.24, 2.45) is 21.5 Å². The zero-order chi connectivity index (χ0) is 59.5. The SMILES string of the molecule is CCn1nc(C)cc1C(=O)/N=c1/[nH]c2cc(C(N)=O)cc(OC)c2n1C/C=C/Cn1/c(=N/C(=O)c2cc(C)nn2CC)[nH]c2cc(C(N)=O)cc(OCCCO[C@@H]3C(O[Si](C)(C)C(C)(C)C)[C@@H]4OC(c5ccccc5)OC[C@H]4O[C@@H]3OC)c21. The smallest absolute Gasteiger partial charge is 0.298 e. The van der Waals surface area contributed by atoms with E-state index in [9.17, 15) is 19.2 Å². The van der Waals surface area contributed by atoms with Crippen LogP contribution in [0.3, 0.4) is 0 Å². The van der Waals surface area contributed by atoms with Crippen molar-refractivity contribution in [1.82, 2.24) is 38.7 Å². The molecule has 2 aliphatic heterocycles. The number of nitrogens with two attached hydrogens (primary N) is 2. The summed E-state index contributed by atoms with van der Waals surface area (Å²) in [7, 11) is 0.572. The Morgan fingerprint density at radius 3 is 1.81 bits per heavy atom. The van der Waals surface area contributed by atoms with Gasteiger partial charge in [-0.3, -0.25) is 28.5 Å². The van der Waals surface area contributed by atoms with E-state index in [4.69, 9.17) is 49.1 Å². The number of primary amides is 2. The molecular weight excluding hydrogens is 1080 g/mol. The van der Waals surface area contributed by atoms with Crippen molar-refractivity contribution in [2.75, 3.05) is 34.0 Å². The van der Waals surface area contributed by atoms with Crippen LogP contribution in [0.2, 0.25) is 18.1 Å². The number of aromatic amines is 2. The molecule has 4 amide bonds. The summed E-state index contributed by atoms with van der Waals surface area (Å²) in [5, 5.41) is 8.73. The summed E-state index contributed by atoms with van der Waals surface area (Å²) < 4.78 is 58.2. The van der Waals surface area contributed by atoms with Crippen LogP contribution >= 0.6 is 0 Å². The molecule has 0 aliphatic carbocycles. The summed E-state index contributed by atoms with van der Waals surface area (Å²) in [5.74, 6) is -1.93. The number of ether oxygens (including phenoxy) is 7. The summed E-state index contributed by atoms with van der Waals surface area (Å²) in [6.45, 7) is 19.9. The van der Waals surface area contributed by atoms with Gasteiger partial charge in [0, 0.05) is 56.4 Å². The second-order valence-corrected chi connectivity index (χ2v) is 26.7. The number of carbonyl (C=O) groups excluding carboxylic acids is 4.